The average Bonchev–Trinajstić information content (AvgIpc) is 2.82. The van der Waals surface area contributed by atoms with Crippen LogP contribution in [0.1, 0.15) is 19.8 Å². The number of carboxylic acid groups (broad SMARTS) is 1. The van der Waals surface area contributed by atoms with Crippen molar-refractivity contribution in [2.75, 3.05) is 7.05 Å². The summed E-state index contributed by atoms with van der Waals surface area (Å²) >= 11 is 0. The van der Waals surface area contributed by atoms with Crippen molar-refractivity contribution in [3.63, 3.8) is 0 Å². The Bertz CT molecular complexity index is 454. The van der Waals surface area contributed by atoms with Gasteiger partial charge in [-0.05, 0) is 12.8 Å². The van der Waals surface area contributed by atoms with Crippen LogP contribution in [-0.4, -0.2) is 30.5 Å². The molecule has 3 atom stereocenters. The zero-order valence-electron chi connectivity index (χ0n) is 10.9. The van der Waals surface area contributed by atoms with Crippen molar-refractivity contribution in [1.82, 2.24) is 5.32 Å². The Morgan fingerprint density at radius 3 is 2.89 bits per heavy atom. The van der Waals surface area contributed by atoms with Gasteiger partial charge in [0.25, 0.3) is 6.29 Å². The number of allylic oxidation sites excluding steroid dienone is 1. The highest BCUT2D eigenvalue weighted by Gasteiger charge is 2.45. The molecule has 0 bridgehead atoms. The molecule has 1 aliphatic heterocycles. The molecule has 0 radical (unpaired) electrons. The molecule has 104 valence electrons. The number of carbonyl (C=O) groups is 2. The molecular formula is C13H17NO5. The third-order valence-electron chi connectivity index (χ3n) is 3.60. The minimum Gasteiger partial charge on any atom is -0.478 e. The Morgan fingerprint density at radius 1 is 1.58 bits per heavy atom. The maximum absolute atomic E-state index is 11.3. The number of carboxylic acids is 1. The summed E-state index contributed by atoms with van der Waals surface area (Å²) in [6, 6.07) is 0. The van der Waals surface area contributed by atoms with Crippen LogP contribution >= 0.6 is 0 Å². The van der Waals surface area contributed by atoms with E-state index in [9.17, 15) is 9.59 Å². The first-order valence-corrected chi connectivity index (χ1v) is 6.24. The van der Waals surface area contributed by atoms with E-state index in [-0.39, 0.29) is 17.4 Å². The second-order valence-corrected chi connectivity index (χ2v) is 4.54. The fraction of sp³-hybridized carbons (Fsp3) is 0.538. The van der Waals surface area contributed by atoms with Gasteiger partial charge in [-0.3, -0.25) is 0 Å². The highest BCUT2D eigenvalue weighted by Crippen LogP contribution is 2.44. The van der Waals surface area contributed by atoms with Gasteiger partial charge in [0.2, 0.25) is 0 Å². The number of ether oxygens (including phenoxy) is 2. The Hall–Kier alpha value is -1.98. The second kappa shape index (κ2) is 5.34. The first-order chi connectivity index (χ1) is 9.08. The van der Waals surface area contributed by atoms with Crippen LogP contribution in [0.2, 0.25) is 0 Å². The van der Waals surface area contributed by atoms with E-state index < -0.39 is 18.4 Å². The number of fused-ring (bicyclic) bond motifs is 1. The fourth-order valence-corrected chi connectivity index (χ4v) is 2.67. The summed E-state index contributed by atoms with van der Waals surface area (Å²) in [4.78, 5) is 22.5. The lowest BCUT2D eigenvalue weighted by Gasteiger charge is -2.33. The van der Waals surface area contributed by atoms with Gasteiger partial charge in [0.05, 0.1) is 17.8 Å². The molecule has 2 N–H and O–H groups in total. The second-order valence-electron chi connectivity index (χ2n) is 4.54. The molecule has 1 aliphatic carbocycles. The summed E-state index contributed by atoms with van der Waals surface area (Å²) in [6.45, 7) is 1.99. The smallest absolute Gasteiger partial charge is 0.409 e. The van der Waals surface area contributed by atoms with Crippen LogP contribution in [0.15, 0.2) is 23.5 Å². The van der Waals surface area contributed by atoms with E-state index in [4.69, 9.17) is 14.6 Å². The molecule has 0 aromatic heterocycles. The third-order valence-corrected chi connectivity index (χ3v) is 3.60. The molecule has 6 heteroatoms. The van der Waals surface area contributed by atoms with E-state index >= 15 is 0 Å². The van der Waals surface area contributed by atoms with Crippen LogP contribution in [0, 0.1) is 11.8 Å². The summed E-state index contributed by atoms with van der Waals surface area (Å²) in [5.41, 5.74) is 1.31. The van der Waals surface area contributed by atoms with Crippen LogP contribution in [0.4, 0.5) is 4.79 Å². The van der Waals surface area contributed by atoms with Crippen molar-refractivity contribution in [2.24, 2.45) is 11.8 Å². The molecule has 0 aromatic carbocycles. The maximum Gasteiger partial charge on any atom is 0.409 e. The summed E-state index contributed by atoms with van der Waals surface area (Å²) in [5, 5.41) is 11.5. The Kier molecular flexibility index (Phi) is 3.78. The number of hydrogen-bond donors (Lipinski definition) is 2. The quantitative estimate of drug-likeness (QED) is 0.759. The molecule has 1 amide bonds. The van der Waals surface area contributed by atoms with Crippen LogP contribution in [0.3, 0.4) is 0 Å². The van der Waals surface area contributed by atoms with Gasteiger partial charge in [-0.1, -0.05) is 18.6 Å². The van der Waals surface area contributed by atoms with Gasteiger partial charge >= 0.3 is 12.1 Å². The number of amides is 1. The van der Waals surface area contributed by atoms with Gasteiger partial charge < -0.3 is 19.9 Å². The number of nitrogens with one attached hydrogen (secondary N) is 1. The van der Waals surface area contributed by atoms with Crippen molar-refractivity contribution < 1.29 is 24.2 Å². The fourth-order valence-electron chi connectivity index (χ4n) is 2.67. The Morgan fingerprint density at radius 2 is 2.32 bits per heavy atom. The first kappa shape index (κ1) is 13.5. The largest absolute Gasteiger partial charge is 0.478 e. The monoisotopic (exact) mass is 267 g/mol. The van der Waals surface area contributed by atoms with Crippen molar-refractivity contribution in [1.29, 1.82) is 0 Å². The Balaban J connectivity index is 2.24. The van der Waals surface area contributed by atoms with Crippen LogP contribution in [-0.2, 0) is 14.3 Å². The number of alkyl carbamates (subject to hydrolysis) is 1. The molecule has 0 saturated carbocycles. The summed E-state index contributed by atoms with van der Waals surface area (Å²) in [7, 11) is 1.46. The van der Waals surface area contributed by atoms with Crippen LogP contribution in [0.25, 0.3) is 0 Å². The van der Waals surface area contributed by atoms with E-state index in [0.717, 1.165) is 12.0 Å². The van der Waals surface area contributed by atoms with E-state index in [1.165, 1.54) is 13.3 Å². The molecule has 0 fully saturated rings. The molecule has 0 unspecified atom stereocenters. The van der Waals surface area contributed by atoms with Gasteiger partial charge in [-0.15, -0.1) is 0 Å². The molecule has 2 rings (SSSR count). The molecule has 0 saturated heterocycles. The zero-order chi connectivity index (χ0) is 14.0. The highest BCUT2D eigenvalue weighted by atomic mass is 16.7. The molecule has 0 aromatic rings. The predicted octanol–water partition coefficient (Wildman–Crippen LogP) is 1.64. The number of aliphatic carboxylic acids is 1. The topological polar surface area (TPSA) is 84.9 Å². The standard InChI is InChI=1S/C13H17NO5/c1-3-7-4-5-8-9(11(15)16)6-18-12(10(7)8)19-13(17)14-2/h4,6,8,10,12H,3,5H2,1-2H3,(H,14,17)(H,15,16)/t8-,10+,12+/m1/s1. The minimum atomic E-state index is -0.987. The number of carbonyl (C=O) groups excluding carboxylic acids is 1. The van der Waals surface area contributed by atoms with Crippen molar-refractivity contribution in [3.8, 4) is 0 Å². The molecule has 0 spiro atoms. The van der Waals surface area contributed by atoms with Gasteiger partial charge in [0.15, 0.2) is 0 Å². The Labute approximate surface area is 111 Å². The lowest BCUT2D eigenvalue weighted by atomic mass is 9.83. The van der Waals surface area contributed by atoms with Crippen molar-refractivity contribution in [2.45, 2.75) is 26.1 Å². The molecule has 2 aliphatic rings. The van der Waals surface area contributed by atoms with E-state index in [2.05, 4.69) is 5.32 Å². The maximum atomic E-state index is 11.3. The molecule has 19 heavy (non-hydrogen) atoms. The first-order valence-electron chi connectivity index (χ1n) is 6.24. The summed E-state index contributed by atoms with van der Waals surface area (Å²) < 4.78 is 10.5. The van der Waals surface area contributed by atoms with Gasteiger partial charge in [-0.25, -0.2) is 9.59 Å². The lowest BCUT2D eigenvalue weighted by Crippen LogP contribution is -2.39. The van der Waals surface area contributed by atoms with Crippen molar-refractivity contribution >= 4 is 12.1 Å². The van der Waals surface area contributed by atoms with E-state index in [0.29, 0.717) is 6.42 Å². The van der Waals surface area contributed by atoms with Crippen LogP contribution in [0.5, 0.6) is 0 Å². The summed E-state index contributed by atoms with van der Waals surface area (Å²) in [5.74, 6) is -1.38. The van der Waals surface area contributed by atoms with Crippen LogP contribution < -0.4 is 5.32 Å². The molecular weight excluding hydrogens is 250 g/mol. The third kappa shape index (κ3) is 2.43. The van der Waals surface area contributed by atoms with Gasteiger partial charge in [0, 0.05) is 13.0 Å². The SMILES string of the molecule is CCC1=CC[C@@H]2C(C(=O)O)=CO[C@@H](OC(=O)NC)[C@@H]12. The number of hydrogen-bond acceptors (Lipinski definition) is 4. The van der Waals surface area contributed by atoms with Crippen molar-refractivity contribution in [3.05, 3.63) is 23.5 Å². The zero-order valence-corrected chi connectivity index (χ0v) is 10.9. The highest BCUT2D eigenvalue weighted by molar-refractivity contribution is 5.87. The lowest BCUT2D eigenvalue weighted by molar-refractivity contribution is -0.138. The predicted molar refractivity (Wildman–Crippen MR) is 66.1 cm³/mol. The number of rotatable bonds is 3. The van der Waals surface area contributed by atoms with E-state index in [1.807, 2.05) is 13.0 Å². The minimum absolute atomic E-state index is 0.184. The van der Waals surface area contributed by atoms with Gasteiger partial charge in [-0.2, -0.15) is 0 Å². The molecule has 6 nitrogen and oxygen atoms in total. The average molecular weight is 267 g/mol. The molecule has 1 heterocycles. The summed E-state index contributed by atoms with van der Waals surface area (Å²) in [6.07, 6.45) is 3.29. The normalized spacial score (nSPS) is 28.6. The van der Waals surface area contributed by atoms with Gasteiger partial charge in [0.1, 0.15) is 0 Å². The van der Waals surface area contributed by atoms with E-state index in [1.54, 1.807) is 0 Å².